The van der Waals surface area contributed by atoms with Crippen LogP contribution < -0.4 is 11.3 Å². The van der Waals surface area contributed by atoms with E-state index in [0.29, 0.717) is 18.3 Å². The molecule has 0 aromatic heterocycles. The second-order valence-electron chi connectivity index (χ2n) is 4.65. The molecule has 0 aliphatic carbocycles. The van der Waals surface area contributed by atoms with Gasteiger partial charge in [-0.2, -0.15) is 11.8 Å². The van der Waals surface area contributed by atoms with Crippen molar-refractivity contribution >= 4 is 23.1 Å². The number of nitro groups is 1. The first kappa shape index (κ1) is 16.7. The van der Waals surface area contributed by atoms with Crippen molar-refractivity contribution in [3.8, 4) is 0 Å². The number of nitrogen functional groups attached to an aromatic ring is 1. The molecule has 1 unspecified atom stereocenters. The van der Waals surface area contributed by atoms with E-state index in [-0.39, 0.29) is 5.69 Å². The fourth-order valence-corrected chi connectivity index (χ4v) is 3.06. The number of hydrogen-bond donors (Lipinski definition) is 2. The molecule has 0 amide bonds. The zero-order chi connectivity index (χ0) is 15.1. The molecule has 0 radical (unpaired) electrons. The molecule has 1 aromatic carbocycles. The Morgan fingerprint density at radius 1 is 1.55 bits per heavy atom. The number of para-hydroxylation sites is 1. The van der Waals surface area contributed by atoms with Gasteiger partial charge < -0.3 is 5.43 Å². The molecule has 0 bridgehead atoms. The molecule has 1 atom stereocenters. The number of hydrazine groups is 1. The molecule has 20 heavy (non-hydrogen) atoms. The van der Waals surface area contributed by atoms with Crippen molar-refractivity contribution in [3.63, 3.8) is 0 Å². The molecule has 0 spiro atoms. The monoisotopic (exact) mass is 298 g/mol. The second kappa shape index (κ2) is 8.08. The van der Waals surface area contributed by atoms with Crippen molar-refractivity contribution in [1.82, 2.24) is 4.90 Å². The molecule has 0 fully saturated rings. The van der Waals surface area contributed by atoms with Crippen LogP contribution in [0.25, 0.3) is 0 Å². The van der Waals surface area contributed by atoms with E-state index in [9.17, 15) is 10.1 Å². The fourth-order valence-electron chi connectivity index (χ4n) is 2.18. The van der Waals surface area contributed by atoms with E-state index in [4.69, 9.17) is 5.84 Å². The molecule has 3 N–H and O–H groups in total. The number of benzene rings is 1. The maximum atomic E-state index is 11.0. The summed E-state index contributed by atoms with van der Waals surface area (Å²) in [5.41, 5.74) is 3.71. The van der Waals surface area contributed by atoms with Gasteiger partial charge in [0.2, 0.25) is 0 Å². The lowest BCUT2D eigenvalue weighted by molar-refractivity contribution is -0.384. The third-order valence-electron chi connectivity index (χ3n) is 3.34. The maximum Gasteiger partial charge on any atom is 0.293 e. The Hall–Kier alpha value is -1.31. The Morgan fingerprint density at radius 3 is 2.75 bits per heavy atom. The number of rotatable bonds is 8. The smallest absolute Gasteiger partial charge is 0.293 e. The highest BCUT2D eigenvalue weighted by atomic mass is 32.2. The Labute approximate surface area is 123 Å². The minimum absolute atomic E-state index is 0.0105. The first-order chi connectivity index (χ1) is 9.54. The maximum absolute atomic E-state index is 11.0. The van der Waals surface area contributed by atoms with Gasteiger partial charge in [0, 0.05) is 24.4 Å². The molecule has 112 valence electrons. The van der Waals surface area contributed by atoms with E-state index in [0.717, 1.165) is 17.7 Å². The van der Waals surface area contributed by atoms with Crippen molar-refractivity contribution in [2.45, 2.75) is 25.9 Å². The summed E-state index contributed by atoms with van der Waals surface area (Å²) < 4.78 is 0. The summed E-state index contributed by atoms with van der Waals surface area (Å²) in [6.45, 7) is 2.77. The lowest BCUT2D eigenvalue weighted by atomic mass is 10.1. The summed E-state index contributed by atoms with van der Waals surface area (Å²) >= 11 is 1.80. The largest absolute Gasteiger partial charge is 0.318 e. The van der Waals surface area contributed by atoms with Gasteiger partial charge in [-0.1, -0.05) is 19.1 Å². The average molecular weight is 298 g/mol. The highest BCUT2D eigenvalue weighted by Gasteiger charge is 2.19. The van der Waals surface area contributed by atoms with Crippen LogP contribution in [0.15, 0.2) is 18.2 Å². The molecule has 0 saturated carbocycles. The Balaban J connectivity index is 2.96. The highest BCUT2D eigenvalue weighted by molar-refractivity contribution is 7.98. The summed E-state index contributed by atoms with van der Waals surface area (Å²) in [4.78, 5) is 12.8. The van der Waals surface area contributed by atoms with Crippen LogP contribution in [-0.4, -0.2) is 34.9 Å². The number of anilines is 1. The van der Waals surface area contributed by atoms with Gasteiger partial charge in [-0.05, 0) is 25.3 Å². The second-order valence-corrected chi connectivity index (χ2v) is 5.56. The fraction of sp³-hybridized carbons (Fsp3) is 0.538. The summed E-state index contributed by atoms with van der Waals surface area (Å²) in [6.07, 6.45) is 3.12. The third-order valence-corrected chi connectivity index (χ3v) is 4.06. The van der Waals surface area contributed by atoms with E-state index >= 15 is 0 Å². The average Bonchev–Trinajstić information content (AvgIpc) is 2.44. The molecule has 1 aromatic rings. The van der Waals surface area contributed by atoms with Gasteiger partial charge >= 0.3 is 0 Å². The Kier molecular flexibility index (Phi) is 6.77. The van der Waals surface area contributed by atoms with Crippen LogP contribution in [0.4, 0.5) is 11.4 Å². The molecule has 6 nitrogen and oxygen atoms in total. The first-order valence-corrected chi connectivity index (χ1v) is 7.86. The van der Waals surface area contributed by atoms with E-state index < -0.39 is 4.92 Å². The lowest BCUT2D eigenvalue weighted by Gasteiger charge is -2.27. The summed E-state index contributed by atoms with van der Waals surface area (Å²) in [5.74, 6) is 6.49. The zero-order valence-electron chi connectivity index (χ0n) is 12.1. The predicted octanol–water partition coefficient (Wildman–Crippen LogP) is 2.45. The van der Waals surface area contributed by atoms with Crippen molar-refractivity contribution < 1.29 is 4.92 Å². The van der Waals surface area contributed by atoms with Crippen LogP contribution >= 0.6 is 11.8 Å². The summed E-state index contributed by atoms with van der Waals surface area (Å²) in [5, 5.41) is 11.0. The SMILES string of the molecule is CCC(CSC)N(C)Cc1cccc([N+](=O)[O-])c1NN. The lowest BCUT2D eigenvalue weighted by Crippen LogP contribution is -2.33. The van der Waals surface area contributed by atoms with Crippen LogP contribution in [-0.2, 0) is 6.54 Å². The van der Waals surface area contributed by atoms with Gasteiger partial charge in [-0.25, -0.2) is 0 Å². The first-order valence-electron chi connectivity index (χ1n) is 6.47. The van der Waals surface area contributed by atoms with Gasteiger partial charge in [0.05, 0.1) is 4.92 Å². The summed E-state index contributed by atoms with van der Waals surface area (Å²) in [7, 11) is 2.03. The van der Waals surface area contributed by atoms with Crippen molar-refractivity contribution in [2.24, 2.45) is 5.84 Å². The Morgan fingerprint density at radius 2 is 2.25 bits per heavy atom. The van der Waals surface area contributed by atoms with Gasteiger partial charge in [0.25, 0.3) is 5.69 Å². The van der Waals surface area contributed by atoms with Crippen molar-refractivity contribution in [1.29, 1.82) is 0 Å². The topological polar surface area (TPSA) is 84.4 Å². The van der Waals surface area contributed by atoms with E-state index in [1.54, 1.807) is 17.8 Å². The van der Waals surface area contributed by atoms with Gasteiger partial charge in [-0.3, -0.25) is 20.9 Å². The molecule has 0 aliphatic heterocycles. The molecular formula is C13H22N4O2S. The van der Waals surface area contributed by atoms with Gasteiger partial charge in [0.1, 0.15) is 5.69 Å². The minimum Gasteiger partial charge on any atom is -0.318 e. The minimum atomic E-state index is -0.419. The van der Waals surface area contributed by atoms with E-state index in [2.05, 4.69) is 23.5 Å². The van der Waals surface area contributed by atoms with Crippen LogP contribution in [0.1, 0.15) is 18.9 Å². The number of thioether (sulfide) groups is 1. The van der Waals surface area contributed by atoms with E-state index in [1.807, 2.05) is 13.1 Å². The molecule has 0 aliphatic rings. The van der Waals surface area contributed by atoms with Crippen molar-refractivity contribution in [3.05, 3.63) is 33.9 Å². The number of hydrogen-bond acceptors (Lipinski definition) is 6. The zero-order valence-corrected chi connectivity index (χ0v) is 12.9. The highest BCUT2D eigenvalue weighted by Crippen LogP contribution is 2.28. The number of nitrogens with two attached hydrogens (primary N) is 1. The van der Waals surface area contributed by atoms with Gasteiger partial charge in [-0.15, -0.1) is 0 Å². The quantitative estimate of drug-likeness (QED) is 0.436. The van der Waals surface area contributed by atoms with Crippen LogP contribution in [0.3, 0.4) is 0 Å². The van der Waals surface area contributed by atoms with Crippen LogP contribution in [0.5, 0.6) is 0 Å². The van der Waals surface area contributed by atoms with Crippen molar-refractivity contribution in [2.75, 3.05) is 24.5 Å². The van der Waals surface area contributed by atoms with Gasteiger partial charge in [0.15, 0.2) is 0 Å². The molecule has 7 heteroatoms. The standard InChI is InChI=1S/C13H22N4O2S/c1-4-11(9-20-3)16(2)8-10-6-5-7-12(17(18)19)13(10)15-14/h5-7,11,15H,4,8-9,14H2,1-3H3. The van der Waals surface area contributed by atoms with Crippen LogP contribution in [0.2, 0.25) is 0 Å². The number of nitro benzene ring substituents is 1. The molecular weight excluding hydrogens is 276 g/mol. The summed E-state index contributed by atoms with van der Waals surface area (Å²) in [6, 6.07) is 5.45. The molecule has 1 rings (SSSR count). The Bertz CT molecular complexity index is 456. The normalized spacial score (nSPS) is 12.4. The number of nitrogens with zero attached hydrogens (tertiary/aromatic N) is 2. The third kappa shape index (κ3) is 4.09. The molecule has 0 heterocycles. The molecule has 0 saturated heterocycles. The predicted molar refractivity (Wildman–Crippen MR) is 84.8 cm³/mol. The van der Waals surface area contributed by atoms with E-state index in [1.165, 1.54) is 6.07 Å². The number of nitrogens with one attached hydrogen (secondary N) is 1. The van der Waals surface area contributed by atoms with Crippen LogP contribution in [0, 0.1) is 10.1 Å².